The Hall–Kier alpha value is 1.77. The van der Waals surface area contributed by atoms with Gasteiger partial charge in [0.2, 0.25) is 0 Å². The van der Waals surface area contributed by atoms with Crippen LogP contribution in [0.5, 0.6) is 0 Å². The molecule has 0 spiro atoms. The third-order valence-electron chi connectivity index (χ3n) is 0. The fourth-order valence-electron chi connectivity index (χ4n) is 0. The maximum absolute atomic E-state index is 8.36. The van der Waals surface area contributed by atoms with Crippen LogP contribution in [0.1, 0.15) is 0 Å². The van der Waals surface area contributed by atoms with Gasteiger partial charge in [-0.15, -0.1) is 10.1 Å². The summed E-state index contributed by atoms with van der Waals surface area (Å²) in [6.07, 6.45) is 0. The Kier molecular flexibility index (Phi) is 25.8. The normalized spacial score (nSPS) is 4.00. The molecule has 0 saturated carbocycles. The number of rotatable bonds is 0. The Morgan fingerprint density at radius 3 is 1.67 bits per heavy atom. The topological polar surface area (TPSA) is 63.4 Å². The second-order valence-corrected chi connectivity index (χ2v) is 0.238. The summed E-state index contributed by atoms with van der Waals surface area (Å²) in [5, 5.41) is 13.6. The molecule has 0 saturated heterocycles. The van der Waals surface area contributed by atoms with Crippen LogP contribution >= 0.6 is 0 Å². The number of hydrogen-bond acceptors (Lipinski definition) is 2. The molecule has 1 N–H and O–H groups in total. The quantitative estimate of drug-likeness (QED) is 0.298. The van der Waals surface area contributed by atoms with Gasteiger partial charge in [0.1, 0.15) is 0 Å². The predicted octanol–water partition coefficient (Wildman–Crippen LogP) is -1.91. The number of nitrogens with zero attached hydrogens (tertiary/aromatic N) is 1. The van der Waals surface area contributed by atoms with Crippen molar-refractivity contribution in [1.29, 1.82) is 0 Å². The molecule has 0 bridgehead atoms. The zero-order valence-corrected chi connectivity index (χ0v) is 1.71. The van der Waals surface area contributed by atoms with Crippen molar-refractivity contribution in [1.82, 2.24) is 0 Å². The van der Waals surface area contributed by atoms with E-state index >= 15 is 0 Å². The first-order valence-electron chi connectivity index (χ1n) is 0.565. The molecule has 6 heteroatoms. The first-order valence-corrected chi connectivity index (χ1v) is 0.565. The minimum atomic E-state index is -1.50. The molecule has 0 heterocycles. The van der Waals surface area contributed by atoms with Gasteiger partial charge in [-0.25, -0.2) is 0 Å². The van der Waals surface area contributed by atoms with Crippen LogP contribution in [0.4, 0.5) is 0 Å². The fourth-order valence-corrected chi connectivity index (χ4v) is 0. The van der Waals surface area contributed by atoms with Crippen molar-refractivity contribution in [3.63, 3.8) is 0 Å². The van der Waals surface area contributed by atoms with E-state index in [0.717, 1.165) is 0 Å². The van der Waals surface area contributed by atoms with E-state index in [1.54, 1.807) is 0 Å². The molecule has 0 aromatic carbocycles. The van der Waals surface area contributed by atoms with Gasteiger partial charge in [0.05, 0.1) is 0 Å². The van der Waals surface area contributed by atoms with E-state index in [9.17, 15) is 0 Å². The summed E-state index contributed by atoms with van der Waals surface area (Å²) < 4.78 is 0. The Balaban J connectivity index is -0.0000000450. The molecule has 0 radical (unpaired) electrons. The van der Waals surface area contributed by atoms with Gasteiger partial charge in [0, 0.05) is 0 Å². The summed E-state index contributed by atoms with van der Waals surface area (Å²) >= 11 is 0. The van der Waals surface area contributed by atoms with E-state index in [1.807, 2.05) is 0 Å². The zero-order chi connectivity index (χ0) is 3.58. The molecule has 0 aromatic rings. The third kappa shape index (κ3) is 41.9. The minimum absolute atomic E-state index is 0. The molecule has 0 amide bonds. The summed E-state index contributed by atoms with van der Waals surface area (Å²) in [6, 6.07) is 0. The van der Waals surface area contributed by atoms with Crippen LogP contribution in [0, 0.1) is 10.1 Å². The van der Waals surface area contributed by atoms with Crippen molar-refractivity contribution in [2.45, 2.75) is 0 Å². The molecule has 0 rings (SSSR count). The van der Waals surface area contributed by atoms with Gasteiger partial charge in [-0.3, -0.25) is 0 Å². The molecule has 30 valence electrons. The molecule has 0 aliphatic heterocycles. The molecule has 0 unspecified atom stereocenters. The summed E-state index contributed by atoms with van der Waals surface area (Å²) in [5.41, 5.74) is 0. The van der Waals surface area contributed by atoms with Gasteiger partial charge in [-0.05, 0) is 0 Å². The molecule has 0 aliphatic rings. The van der Waals surface area contributed by atoms with Crippen LogP contribution in [0.25, 0.3) is 0 Å². The monoisotopic (exact) mass is 227 g/mol. The van der Waals surface area contributed by atoms with Crippen LogP contribution in [0.2, 0.25) is 0 Å². The van der Waals surface area contributed by atoms with Crippen molar-refractivity contribution in [3.8, 4) is 0 Å². The van der Waals surface area contributed by atoms with E-state index in [0.29, 0.717) is 0 Å². The first-order chi connectivity index (χ1) is 1.73. The summed E-state index contributed by atoms with van der Waals surface area (Å²) in [5.74, 6) is 0. The molecule has 4 nitrogen and oxygen atoms in total. The predicted molar refractivity (Wildman–Crippen MR) is 24.5 cm³/mol. The molecular weight excluding hydrogens is 222 g/mol. The van der Waals surface area contributed by atoms with Crippen molar-refractivity contribution in [2.24, 2.45) is 0 Å². The van der Waals surface area contributed by atoms with Crippen LogP contribution in [0.15, 0.2) is 0 Å². The van der Waals surface area contributed by atoms with Gasteiger partial charge < -0.3 is 5.21 Å². The number of hydrogen-bond donors (Lipinski definition) is 1. The maximum atomic E-state index is 8.36. The Morgan fingerprint density at radius 1 is 1.67 bits per heavy atom. The molecule has 6 heavy (non-hydrogen) atoms. The molecular formula is H4BaNNaO3. The van der Waals surface area contributed by atoms with E-state index in [2.05, 4.69) is 0 Å². The van der Waals surface area contributed by atoms with E-state index < -0.39 is 5.09 Å². The molecule has 0 fully saturated rings. The van der Waals surface area contributed by atoms with Gasteiger partial charge >= 0.3 is 78.4 Å². The van der Waals surface area contributed by atoms with Crippen molar-refractivity contribution in [2.75, 3.05) is 0 Å². The first kappa shape index (κ1) is 15.7. The Morgan fingerprint density at radius 2 is 1.67 bits per heavy atom. The van der Waals surface area contributed by atoms with Crippen LogP contribution in [0.3, 0.4) is 0 Å². The Labute approximate surface area is 96.8 Å². The summed E-state index contributed by atoms with van der Waals surface area (Å²) in [6.45, 7) is 0. The SMILES string of the molecule is O=[N+]([O-])O.[BaH2].[NaH]. The van der Waals surface area contributed by atoms with Gasteiger partial charge in [-0.1, -0.05) is 0 Å². The third-order valence-corrected chi connectivity index (χ3v) is 0. The van der Waals surface area contributed by atoms with Crippen LogP contribution in [-0.4, -0.2) is 88.7 Å². The average molecular weight is 226 g/mol. The van der Waals surface area contributed by atoms with Crippen molar-refractivity contribution >= 4 is 78.4 Å². The van der Waals surface area contributed by atoms with Crippen molar-refractivity contribution in [3.05, 3.63) is 10.1 Å². The second kappa shape index (κ2) is 9.91. The van der Waals surface area contributed by atoms with Gasteiger partial charge in [0.25, 0.3) is 5.09 Å². The van der Waals surface area contributed by atoms with Crippen molar-refractivity contribution < 1.29 is 10.3 Å². The van der Waals surface area contributed by atoms with Gasteiger partial charge in [0.15, 0.2) is 0 Å². The molecule has 0 atom stereocenters. The van der Waals surface area contributed by atoms with E-state index in [4.69, 9.17) is 15.3 Å². The zero-order valence-electron chi connectivity index (χ0n) is 1.71. The second-order valence-electron chi connectivity index (χ2n) is 0.238. The van der Waals surface area contributed by atoms with Crippen LogP contribution < -0.4 is 0 Å². The van der Waals surface area contributed by atoms with Gasteiger partial charge in [-0.2, -0.15) is 0 Å². The molecule has 0 aliphatic carbocycles. The standard InChI is InChI=1S/Ba.HNO3.Na.3H/c;2-1(3)4;;;;/h;(H,2,3,4);;;;. The Bertz CT molecular complexity index is 33.8. The fraction of sp³-hybridized carbons (Fsp3) is 0. The van der Waals surface area contributed by atoms with Crippen LogP contribution in [-0.2, 0) is 0 Å². The summed E-state index contributed by atoms with van der Waals surface area (Å²) in [7, 11) is 0. The average Bonchev–Trinajstić information content (AvgIpc) is 0.811. The van der Waals surface area contributed by atoms with E-state index in [1.165, 1.54) is 0 Å². The molecule has 0 aromatic heterocycles. The van der Waals surface area contributed by atoms with E-state index in [-0.39, 0.29) is 78.4 Å². The summed E-state index contributed by atoms with van der Waals surface area (Å²) in [4.78, 5) is 8.36.